The third kappa shape index (κ3) is 1.56. The van der Waals surface area contributed by atoms with Gasteiger partial charge >= 0.3 is 0 Å². The minimum absolute atomic E-state index is 0.00782. The highest BCUT2D eigenvalue weighted by atomic mass is 16.8. The van der Waals surface area contributed by atoms with Crippen LogP contribution in [-0.2, 0) is 14.2 Å². The molecule has 0 aromatic carbocycles. The SMILES string of the molecule is CC(C)=C[C@H]1O[C@]2(C)C[C@H]3O[C@@]14[C@@H](C)[C@@H]1CC[C@H](C)[C@]1(O)[C@](O)(O3)[C@@H]42. The lowest BCUT2D eigenvalue weighted by molar-refractivity contribution is -0.505. The van der Waals surface area contributed by atoms with Crippen molar-refractivity contribution in [2.75, 3.05) is 0 Å². The largest absolute Gasteiger partial charge is 0.384 e. The monoisotopic (exact) mass is 350 g/mol. The van der Waals surface area contributed by atoms with Crippen LogP contribution in [0, 0.1) is 23.7 Å². The predicted molar refractivity (Wildman–Crippen MR) is 90.5 cm³/mol. The van der Waals surface area contributed by atoms with Gasteiger partial charge in [0.05, 0.1) is 11.5 Å². The van der Waals surface area contributed by atoms with Crippen LogP contribution >= 0.6 is 0 Å². The first-order valence-electron chi connectivity index (χ1n) is 9.73. The zero-order chi connectivity index (χ0) is 18.0. The minimum Gasteiger partial charge on any atom is -0.384 e. The number of ether oxygens (including phenoxy) is 3. The highest BCUT2D eigenvalue weighted by Crippen LogP contribution is 2.73. The van der Waals surface area contributed by atoms with Crippen molar-refractivity contribution < 1.29 is 24.4 Å². The van der Waals surface area contributed by atoms with Crippen molar-refractivity contribution in [3.8, 4) is 0 Å². The Balaban J connectivity index is 1.76. The van der Waals surface area contributed by atoms with E-state index in [-0.39, 0.29) is 23.9 Å². The van der Waals surface area contributed by atoms with E-state index in [1.807, 2.05) is 6.92 Å². The summed E-state index contributed by atoms with van der Waals surface area (Å²) >= 11 is 0. The highest BCUT2D eigenvalue weighted by molar-refractivity contribution is 5.33. The van der Waals surface area contributed by atoms with E-state index in [1.54, 1.807) is 0 Å². The van der Waals surface area contributed by atoms with Crippen LogP contribution in [0.3, 0.4) is 0 Å². The molecule has 140 valence electrons. The normalized spacial score (nSPS) is 64.3. The summed E-state index contributed by atoms with van der Waals surface area (Å²) in [6.07, 6.45) is 3.75. The number of hydrogen-bond donors (Lipinski definition) is 2. The Labute approximate surface area is 149 Å². The molecule has 6 fully saturated rings. The van der Waals surface area contributed by atoms with E-state index in [0.717, 1.165) is 12.8 Å². The van der Waals surface area contributed by atoms with Crippen molar-refractivity contribution in [2.24, 2.45) is 23.7 Å². The Morgan fingerprint density at radius 3 is 2.48 bits per heavy atom. The number of hydrogen-bond acceptors (Lipinski definition) is 5. The molecule has 6 aliphatic rings. The van der Waals surface area contributed by atoms with Gasteiger partial charge in [0.2, 0.25) is 5.79 Å². The minimum atomic E-state index is -1.61. The maximum atomic E-state index is 11.8. The molecule has 0 unspecified atom stereocenters. The van der Waals surface area contributed by atoms with Crippen molar-refractivity contribution in [1.82, 2.24) is 0 Å². The molecule has 4 aliphatic heterocycles. The molecule has 4 heterocycles. The molecule has 0 amide bonds. The van der Waals surface area contributed by atoms with Crippen LogP contribution in [0.2, 0.25) is 0 Å². The van der Waals surface area contributed by atoms with E-state index in [1.165, 1.54) is 5.57 Å². The van der Waals surface area contributed by atoms with Gasteiger partial charge in [0.1, 0.15) is 17.3 Å². The molecule has 2 saturated carbocycles. The van der Waals surface area contributed by atoms with E-state index >= 15 is 0 Å². The van der Waals surface area contributed by atoms with Crippen LogP contribution in [0.25, 0.3) is 0 Å². The molecule has 5 heteroatoms. The van der Waals surface area contributed by atoms with Crippen molar-refractivity contribution >= 4 is 0 Å². The van der Waals surface area contributed by atoms with Gasteiger partial charge in [-0.15, -0.1) is 0 Å². The lowest BCUT2D eigenvalue weighted by Crippen LogP contribution is -2.84. The number of fused-ring (bicyclic) bond motifs is 1. The predicted octanol–water partition coefficient (Wildman–Crippen LogP) is 2.36. The smallest absolute Gasteiger partial charge is 0.206 e. The number of allylic oxidation sites excluding steroid dienone is 1. The van der Waals surface area contributed by atoms with E-state index in [0.29, 0.717) is 6.42 Å². The second-order valence-electron chi connectivity index (χ2n) is 9.65. The zero-order valence-corrected chi connectivity index (χ0v) is 15.8. The Hall–Kier alpha value is -0.460. The van der Waals surface area contributed by atoms with Crippen LogP contribution in [0.1, 0.15) is 53.9 Å². The summed E-state index contributed by atoms with van der Waals surface area (Å²) in [6, 6.07) is 0. The van der Waals surface area contributed by atoms with Crippen LogP contribution in [0.4, 0.5) is 0 Å². The standard InChI is InChI=1S/C20H30O5/c1-10(2)8-14-18-12(4)13-7-6-11(3)19(13,21)20(22)16(18)17(5,23-14)9-15(24-18)25-20/h8,11-16,21-22H,6-7,9H2,1-5H3/t11-,12-,13-,14+,15-,16+,17+,18-,19+,20+/m0/s1. The summed E-state index contributed by atoms with van der Waals surface area (Å²) in [5.41, 5.74) is -1.26. The van der Waals surface area contributed by atoms with Crippen LogP contribution in [0.5, 0.6) is 0 Å². The Kier molecular flexibility index (Phi) is 3.01. The zero-order valence-electron chi connectivity index (χ0n) is 15.8. The third-order valence-electron chi connectivity index (χ3n) is 8.11. The van der Waals surface area contributed by atoms with Gasteiger partial charge in [0.25, 0.3) is 0 Å². The van der Waals surface area contributed by atoms with Crippen molar-refractivity contribution in [2.45, 2.75) is 88.9 Å². The van der Waals surface area contributed by atoms with E-state index in [9.17, 15) is 10.2 Å². The van der Waals surface area contributed by atoms with Crippen molar-refractivity contribution in [3.05, 3.63) is 11.6 Å². The average molecular weight is 350 g/mol. The van der Waals surface area contributed by atoms with Gasteiger partial charge in [-0.25, -0.2) is 0 Å². The summed E-state index contributed by atoms with van der Waals surface area (Å²) in [5.74, 6) is -1.98. The molecule has 6 rings (SSSR count). The summed E-state index contributed by atoms with van der Waals surface area (Å²) < 4.78 is 19.1. The molecule has 0 spiro atoms. The first-order valence-corrected chi connectivity index (χ1v) is 9.73. The summed E-state index contributed by atoms with van der Waals surface area (Å²) in [4.78, 5) is 0. The van der Waals surface area contributed by atoms with E-state index in [2.05, 4.69) is 33.8 Å². The fraction of sp³-hybridized carbons (Fsp3) is 0.900. The average Bonchev–Trinajstić information content (AvgIpc) is 2.89. The molecule has 0 aromatic heterocycles. The second kappa shape index (κ2) is 4.50. The molecule has 5 bridgehead atoms. The second-order valence-corrected chi connectivity index (χ2v) is 9.65. The van der Waals surface area contributed by atoms with Gasteiger partial charge in [0.15, 0.2) is 6.29 Å². The van der Waals surface area contributed by atoms with Crippen molar-refractivity contribution in [1.29, 1.82) is 0 Å². The quantitative estimate of drug-likeness (QED) is 0.711. The summed E-state index contributed by atoms with van der Waals surface area (Å²) in [7, 11) is 0. The molecule has 4 saturated heterocycles. The van der Waals surface area contributed by atoms with E-state index in [4.69, 9.17) is 14.2 Å². The molecule has 5 nitrogen and oxygen atoms in total. The molecular formula is C20H30O5. The van der Waals surface area contributed by atoms with Gasteiger partial charge in [0, 0.05) is 6.42 Å². The molecule has 25 heavy (non-hydrogen) atoms. The Morgan fingerprint density at radius 1 is 1.08 bits per heavy atom. The highest BCUT2D eigenvalue weighted by Gasteiger charge is 2.87. The first kappa shape index (κ1) is 16.7. The fourth-order valence-corrected chi connectivity index (χ4v) is 7.27. The first-order chi connectivity index (χ1) is 11.6. The van der Waals surface area contributed by atoms with Gasteiger partial charge in [-0.3, -0.25) is 0 Å². The maximum Gasteiger partial charge on any atom is 0.206 e. The van der Waals surface area contributed by atoms with Crippen LogP contribution in [-0.4, -0.2) is 45.2 Å². The van der Waals surface area contributed by atoms with Crippen molar-refractivity contribution in [3.63, 3.8) is 0 Å². The van der Waals surface area contributed by atoms with Crippen LogP contribution < -0.4 is 0 Å². The van der Waals surface area contributed by atoms with Gasteiger partial charge < -0.3 is 24.4 Å². The van der Waals surface area contributed by atoms with Gasteiger partial charge in [-0.1, -0.05) is 25.5 Å². The summed E-state index contributed by atoms with van der Waals surface area (Å²) in [6.45, 7) is 10.4. The molecule has 0 aromatic rings. The molecule has 2 aliphatic carbocycles. The number of rotatable bonds is 1. The third-order valence-corrected chi connectivity index (χ3v) is 8.11. The molecular weight excluding hydrogens is 320 g/mol. The maximum absolute atomic E-state index is 11.8. The topological polar surface area (TPSA) is 68.2 Å². The number of aliphatic hydroxyl groups is 2. The van der Waals surface area contributed by atoms with Gasteiger partial charge in [-0.2, -0.15) is 0 Å². The Morgan fingerprint density at radius 2 is 1.80 bits per heavy atom. The molecule has 2 N–H and O–H groups in total. The lowest BCUT2D eigenvalue weighted by Gasteiger charge is -2.69. The van der Waals surface area contributed by atoms with Crippen LogP contribution in [0.15, 0.2) is 11.6 Å². The van der Waals surface area contributed by atoms with Gasteiger partial charge in [-0.05, 0) is 51.4 Å². The van der Waals surface area contributed by atoms with E-state index < -0.39 is 34.8 Å². The Bertz CT molecular complexity index is 658. The fourth-order valence-electron chi connectivity index (χ4n) is 7.27. The molecule has 0 radical (unpaired) electrons. The molecule has 10 atom stereocenters. The summed E-state index contributed by atoms with van der Waals surface area (Å²) in [5, 5.41) is 23.6. The lowest BCUT2D eigenvalue weighted by atomic mass is 9.49.